The molecule has 2 aromatic carbocycles. The van der Waals surface area contributed by atoms with Crippen molar-refractivity contribution in [3.05, 3.63) is 90.8 Å². The van der Waals surface area contributed by atoms with E-state index in [1.54, 1.807) is 6.20 Å². The molecule has 0 aliphatic carbocycles. The fourth-order valence-corrected chi connectivity index (χ4v) is 2.49. The highest BCUT2D eigenvalue weighted by atomic mass is 35.5. The monoisotopic (exact) mass is 337 g/mol. The Hall–Kier alpha value is -2.89. The van der Waals surface area contributed by atoms with Crippen molar-refractivity contribution in [1.29, 1.82) is 0 Å². The lowest BCUT2D eigenvalue weighted by atomic mass is 10.3. The first-order valence-corrected chi connectivity index (χ1v) is 7.46. The molecule has 2 heterocycles. The molecule has 3 aromatic rings. The minimum Gasteiger partial charge on any atom is -1.00 e. The zero-order valence-electron chi connectivity index (χ0n) is 12.8. The maximum atomic E-state index is 4.74. The van der Waals surface area contributed by atoms with E-state index in [1.807, 2.05) is 82.4 Å². The van der Waals surface area contributed by atoms with E-state index in [4.69, 9.17) is 5.10 Å². The molecule has 0 saturated carbocycles. The Balaban J connectivity index is 0.00000169. The molecule has 0 saturated heterocycles. The summed E-state index contributed by atoms with van der Waals surface area (Å²) < 4.78 is 0. The minimum atomic E-state index is 0. The number of nitrogens with zero attached hydrogens (tertiary/aromatic N) is 4. The highest BCUT2D eigenvalue weighted by Gasteiger charge is 2.31. The smallest absolute Gasteiger partial charge is 0.295 e. The van der Waals surface area contributed by atoms with Gasteiger partial charge in [0.05, 0.1) is 5.69 Å². The van der Waals surface area contributed by atoms with Gasteiger partial charge in [0.25, 0.3) is 5.84 Å². The second-order valence-electron chi connectivity index (χ2n) is 5.13. The predicted molar refractivity (Wildman–Crippen MR) is 90.5 cm³/mol. The maximum absolute atomic E-state index is 4.74. The number of hydrogen-bond donors (Lipinski definition) is 1. The summed E-state index contributed by atoms with van der Waals surface area (Å²) >= 11 is 0. The van der Waals surface area contributed by atoms with Crippen molar-refractivity contribution in [2.24, 2.45) is 5.10 Å². The molecule has 4 rings (SSSR count). The van der Waals surface area contributed by atoms with Gasteiger partial charge in [-0.1, -0.05) is 47.6 Å². The number of pyridine rings is 1. The highest BCUT2D eigenvalue weighted by molar-refractivity contribution is 5.92. The van der Waals surface area contributed by atoms with Crippen LogP contribution >= 0.6 is 0 Å². The number of halogens is 1. The van der Waals surface area contributed by atoms with Crippen molar-refractivity contribution >= 4 is 17.2 Å². The Kier molecular flexibility index (Phi) is 4.74. The van der Waals surface area contributed by atoms with Crippen molar-refractivity contribution < 1.29 is 17.8 Å². The summed E-state index contributed by atoms with van der Waals surface area (Å²) in [6.07, 6.45) is 1.78. The third-order valence-corrected chi connectivity index (χ3v) is 3.59. The van der Waals surface area contributed by atoms with Gasteiger partial charge in [-0.3, -0.25) is 0 Å². The van der Waals surface area contributed by atoms with Gasteiger partial charge in [0.1, 0.15) is 11.4 Å². The van der Waals surface area contributed by atoms with Crippen molar-refractivity contribution in [1.82, 2.24) is 4.98 Å². The zero-order valence-corrected chi connectivity index (χ0v) is 13.6. The van der Waals surface area contributed by atoms with E-state index in [-0.39, 0.29) is 12.4 Å². The molecule has 0 bridgehead atoms. The van der Waals surface area contributed by atoms with E-state index < -0.39 is 0 Å². The quantitative estimate of drug-likeness (QED) is 0.635. The van der Waals surface area contributed by atoms with E-state index in [0.29, 0.717) is 0 Å². The lowest BCUT2D eigenvalue weighted by Crippen LogP contribution is -3.00. The predicted octanol–water partition coefficient (Wildman–Crippen LogP) is -0.833. The lowest BCUT2D eigenvalue weighted by molar-refractivity contribution is -0.545. The topological polar surface area (TPSA) is 48.3 Å². The molecular formula is C18H16ClN5. The number of rotatable bonds is 3. The average Bonchev–Trinajstić information content (AvgIpc) is 3.09. The van der Waals surface area contributed by atoms with Crippen molar-refractivity contribution in [2.75, 3.05) is 10.2 Å². The Morgan fingerprint density at radius 3 is 1.96 bits per heavy atom. The van der Waals surface area contributed by atoms with Crippen LogP contribution in [0.4, 0.5) is 11.4 Å². The highest BCUT2D eigenvalue weighted by Crippen LogP contribution is 2.21. The van der Waals surface area contributed by atoms with Crippen LogP contribution in [0.15, 0.2) is 90.2 Å². The summed E-state index contributed by atoms with van der Waals surface area (Å²) in [7, 11) is 0. The first-order valence-electron chi connectivity index (χ1n) is 7.46. The summed E-state index contributed by atoms with van der Waals surface area (Å²) in [6, 6.07) is 26.1. The molecule has 0 atom stereocenters. The van der Waals surface area contributed by atoms with Gasteiger partial charge in [-0.05, 0) is 36.4 Å². The first kappa shape index (κ1) is 16.0. The lowest BCUT2D eigenvalue weighted by Gasteiger charge is -2.23. The second-order valence-corrected chi connectivity index (χ2v) is 5.13. The number of anilines is 2. The summed E-state index contributed by atoms with van der Waals surface area (Å²) in [5, 5.41) is 8.66. The van der Waals surface area contributed by atoms with Crippen LogP contribution in [-0.2, 0) is 0 Å². The molecule has 0 radical (unpaired) electrons. The molecule has 24 heavy (non-hydrogen) atoms. The summed E-state index contributed by atoms with van der Waals surface area (Å²) in [5.74, 6) is 0.832. The fraction of sp³-hybridized carbons (Fsp3) is 0. The number of hydrogen-bond acceptors (Lipinski definition) is 4. The average molecular weight is 338 g/mol. The molecule has 0 amide bonds. The molecule has 1 aliphatic rings. The molecule has 0 fully saturated rings. The first-order chi connectivity index (χ1) is 11.4. The van der Waals surface area contributed by atoms with E-state index in [9.17, 15) is 0 Å². The summed E-state index contributed by atoms with van der Waals surface area (Å²) in [5.41, 5.74) is 4.90. The largest absolute Gasteiger partial charge is 1.00 e. The number of para-hydroxylation sites is 2. The van der Waals surface area contributed by atoms with Crippen molar-refractivity contribution in [2.45, 2.75) is 0 Å². The fourth-order valence-electron chi connectivity index (χ4n) is 2.49. The number of nitrogens with two attached hydrogens (primary N) is 1. The van der Waals surface area contributed by atoms with Crippen LogP contribution in [-0.4, -0.2) is 10.8 Å². The number of hydrazone groups is 1. The second kappa shape index (κ2) is 7.12. The van der Waals surface area contributed by atoms with E-state index in [2.05, 4.69) is 17.1 Å². The number of aromatic nitrogens is 1. The molecule has 120 valence electrons. The Labute approximate surface area is 146 Å². The zero-order chi connectivity index (χ0) is 15.5. The minimum absolute atomic E-state index is 0. The van der Waals surface area contributed by atoms with Gasteiger partial charge in [-0.15, -0.1) is 10.2 Å². The third-order valence-electron chi connectivity index (χ3n) is 3.59. The molecule has 0 spiro atoms. The SMILES string of the molecule is [Cl-].c1ccc(N2N=C(c3ccccn3)[NH2+]N2c2ccccc2)cc1. The third kappa shape index (κ3) is 3.08. The molecule has 1 aromatic heterocycles. The number of quaternary nitrogens is 1. The van der Waals surface area contributed by atoms with E-state index in [1.165, 1.54) is 0 Å². The van der Waals surface area contributed by atoms with Crippen LogP contribution in [0.3, 0.4) is 0 Å². The van der Waals surface area contributed by atoms with Crippen molar-refractivity contribution in [3.63, 3.8) is 0 Å². The van der Waals surface area contributed by atoms with Gasteiger partial charge in [0.15, 0.2) is 0 Å². The molecular weight excluding hydrogens is 322 g/mol. The van der Waals surface area contributed by atoms with Gasteiger partial charge in [-0.2, -0.15) is 5.43 Å². The Bertz CT molecular complexity index is 809. The molecule has 2 N–H and O–H groups in total. The van der Waals surface area contributed by atoms with Gasteiger partial charge in [0.2, 0.25) is 0 Å². The van der Waals surface area contributed by atoms with Crippen LogP contribution in [0.25, 0.3) is 0 Å². The molecule has 1 aliphatic heterocycles. The van der Waals surface area contributed by atoms with E-state index in [0.717, 1.165) is 22.9 Å². The van der Waals surface area contributed by atoms with Crippen LogP contribution in [0.5, 0.6) is 0 Å². The number of hydrazine groups is 1. The van der Waals surface area contributed by atoms with Gasteiger partial charge in [-0.25, -0.2) is 4.98 Å². The van der Waals surface area contributed by atoms with Crippen LogP contribution in [0.1, 0.15) is 5.69 Å². The Morgan fingerprint density at radius 2 is 1.33 bits per heavy atom. The number of benzene rings is 2. The van der Waals surface area contributed by atoms with Gasteiger partial charge < -0.3 is 12.4 Å². The van der Waals surface area contributed by atoms with Crippen LogP contribution in [0, 0.1) is 0 Å². The molecule has 5 nitrogen and oxygen atoms in total. The summed E-state index contributed by atoms with van der Waals surface area (Å²) in [6.45, 7) is 0. The van der Waals surface area contributed by atoms with Gasteiger partial charge >= 0.3 is 0 Å². The van der Waals surface area contributed by atoms with Gasteiger partial charge in [0, 0.05) is 6.20 Å². The number of amidine groups is 1. The van der Waals surface area contributed by atoms with Crippen LogP contribution in [0.2, 0.25) is 0 Å². The summed E-state index contributed by atoms with van der Waals surface area (Å²) in [4.78, 5) is 4.40. The molecule has 6 heteroatoms. The Morgan fingerprint density at radius 1 is 0.708 bits per heavy atom. The standard InChI is InChI=1S/C18H15N5.ClH/c1-3-9-15(10-4-1)22-20-18(17-13-7-8-14-19-17)21-23(22)16-11-5-2-6-12-16;/h1-14H,(H,20,21);1H. The molecule has 0 unspecified atom stereocenters. The normalized spacial score (nSPS) is 13.4. The van der Waals surface area contributed by atoms with Crippen LogP contribution < -0.4 is 28.1 Å². The van der Waals surface area contributed by atoms with E-state index >= 15 is 0 Å². The maximum Gasteiger partial charge on any atom is 0.295 e. The van der Waals surface area contributed by atoms with Crippen molar-refractivity contribution in [3.8, 4) is 0 Å².